The lowest BCUT2D eigenvalue weighted by atomic mass is 9.96. The minimum Gasteiger partial charge on any atom is -0.478 e. The van der Waals surface area contributed by atoms with Crippen LogP contribution in [0.25, 0.3) is 0 Å². The van der Waals surface area contributed by atoms with E-state index in [1.54, 1.807) is 12.1 Å². The van der Waals surface area contributed by atoms with Gasteiger partial charge < -0.3 is 5.11 Å². The summed E-state index contributed by atoms with van der Waals surface area (Å²) in [6.45, 7) is 1.82. The van der Waals surface area contributed by atoms with Gasteiger partial charge in [-0.3, -0.25) is 9.59 Å². The lowest BCUT2D eigenvalue weighted by molar-refractivity contribution is -0.130. The van der Waals surface area contributed by atoms with Crippen molar-refractivity contribution < 1.29 is 19.5 Å². The summed E-state index contributed by atoms with van der Waals surface area (Å²) in [5.41, 5.74) is 0.0579. The number of carbonyl (C=O) groups excluding carboxylic acids is 2. The molecule has 1 aliphatic heterocycles. The molecule has 0 unspecified atom stereocenters. The van der Waals surface area contributed by atoms with Crippen molar-refractivity contribution in [1.82, 2.24) is 0 Å². The molecule has 0 saturated carbocycles. The second kappa shape index (κ2) is 5.13. The van der Waals surface area contributed by atoms with Gasteiger partial charge in [0.15, 0.2) is 0 Å². The quantitative estimate of drug-likeness (QED) is 0.847. The Morgan fingerprint density at radius 1 is 1.32 bits per heavy atom. The van der Waals surface area contributed by atoms with E-state index in [2.05, 4.69) is 15.9 Å². The van der Waals surface area contributed by atoms with Crippen molar-refractivity contribution in [3.63, 3.8) is 0 Å². The number of imide groups is 1. The molecule has 0 bridgehead atoms. The molecule has 6 heteroatoms. The fourth-order valence-corrected chi connectivity index (χ4v) is 2.70. The van der Waals surface area contributed by atoms with Crippen LogP contribution in [-0.4, -0.2) is 22.9 Å². The summed E-state index contributed by atoms with van der Waals surface area (Å²) in [7, 11) is 0. The highest BCUT2D eigenvalue weighted by Crippen LogP contribution is 2.34. The number of aromatic carboxylic acids is 1. The molecule has 1 aromatic carbocycles. The monoisotopic (exact) mass is 325 g/mol. The summed E-state index contributed by atoms with van der Waals surface area (Å²) in [6.07, 6.45) is 0.484. The van der Waals surface area contributed by atoms with Crippen molar-refractivity contribution >= 4 is 39.4 Å². The first-order valence-electron chi connectivity index (χ1n) is 5.79. The topological polar surface area (TPSA) is 74.7 Å². The maximum Gasteiger partial charge on any atom is 0.337 e. The molecule has 1 N–H and O–H groups in total. The second-order valence-corrected chi connectivity index (χ2v) is 5.43. The number of halogens is 1. The van der Waals surface area contributed by atoms with Gasteiger partial charge in [0.2, 0.25) is 11.8 Å². The molecule has 1 aromatic rings. The zero-order valence-corrected chi connectivity index (χ0v) is 11.8. The molecule has 2 rings (SSSR count). The van der Waals surface area contributed by atoms with Crippen LogP contribution >= 0.6 is 15.9 Å². The van der Waals surface area contributed by atoms with Crippen molar-refractivity contribution in [2.75, 3.05) is 4.90 Å². The van der Waals surface area contributed by atoms with E-state index in [0.29, 0.717) is 4.47 Å². The third kappa shape index (κ3) is 2.53. The molecule has 0 atom stereocenters. The van der Waals surface area contributed by atoms with Crippen LogP contribution in [0.1, 0.15) is 30.1 Å². The van der Waals surface area contributed by atoms with Gasteiger partial charge in [0.1, 0.15) is 0 Å². The zero-order chi connectivity index (χ0) is 14.2. The molecule has 0 spiro atoms. The second-order valence-electron chi connectivity index (χ2n) is 4.58. The molecule has 1 heterocycles. The Kier molecular flexibility index (Phi) is 3.71. The number of piperidine rings is 1. The lowest BCUT2D eigenvalue weighted by Crippen LogP contribution is -2.43. The Balaban J connectivity index is 2.55. The van der Waals surface area contributed by atoms with Crippen LogP contribution < -0.4 is 4.90 Å². The average Bonchev–Trinajstić information content (AvgIpc) is 2.29. The number of hydrogen-bond donors (Lipinski definition) is 1. The maximum atomic E-state index is 12.0. The third-order valence-corrected chi connectivity index (χ3v) is 3.63. The van der Waals surface area contributed by atoms with Crippen molar-refractivity contribution in [1.29, 1.82) is 0 Å². The molecule has 100 valence electrons. The Morgan fingerprint density at radius 2 is 1.89 bits per heavy atom. The predicted molar refractivity (Wildman–Crippen MR) is 72.0 cm³/mol. The molecule has 1 fully saturated rings. The average molecular weight is 326 g/mol. The molecule has 1 aliphatic rings. The smallest absolute Gasteiger partial charge is 0.337 e. The summed E-state index contributed by atoms with van der Waals surface area (Å²) >= 11 is 3.21. The van der Waals surface area contributed by atoms with E-state index in [9.17, 15) is 19.5 Å². The van der Waals surface area contributed by atoms with E-state index in [4.69, 9.17) is 0 Å². The van der Waals surface area contributed by atoms with Crippen LogP contribution in [0.3, 0.4) is 0 Å². The van der Waals surface area contributed by atoms with Gasteiger partial charge in [-0.2, -0.15) is 0 Å². The number of benzene rings is 1. The Labute approximate surface area is 118 Å². The molecule has 0 aliphatic carbocycles. The van der Waals surface area contributed by atoms with Crippen LogP contribution in [0, 0.1) is 5.92 Å². The standard InChI is InChI=1S/C13H12BrNO4/c1-7-5-10(16)15(11(17)6-7)12-8(13(18)19)3-2-4-9(12)14/h2-4,7H,5-6H2,1H3,(H,18,19). The van der Waals surface area contributed by atoms with E-state index in [0.717, 1.165) is 4.90 Å². The summed E-state index contributed by atoms with van der Waals surface area (Å²) < 4.78 is 0.420. The van der Waals surface area contributed by atoms with Crippen molar-refractivity contribution in [3.05, 3.63) is 28.2 Å². The number of anilines is 1. The molecule has 0 radical (unpaired) electrons. The van der Waals surface area contributed by atoms with Gasteiger partial charge in [-0.25, -0.2) is 9.69 Å². The zero-order valence-electron chi connectivity index (χ0n) is 10.2. The Hall–Kier alpha value is -1.69. The van der Waals surface area contributed by atoms with E-state index < -0.39 is 5.97 Å². The molecule has 5 nitrogen and oxygen atoms in total. The number of carboxylic acid groups (broad SMARTS) is 1. The predicted octanol–water partition coefficient (Wildman–Crippen LogP) is 2.44. The fourth-order valence-electron chi connectivity index (χ4n) is 2.15. The molecular formula is C13H12BrNO4. The Bertz CT molecular complexity index is 552. The van der Waals surface area contributed by atoms with Crippen molar-refractivity contribution in [2.45, 2.75) is 19.8 Å². The van der Waals surface area contributed by atoms with Crippen molar-refractivity contribution in [3.8, 4) is 0 Å². The highest BCUT2D eigenvalue weighted by atomic mass is 79.9. The van der Waals surface area contributed by atoms with Crippen LogP contribution in [-0.2, 0) is 9.59 Å². The normalized spacial score (nSPS) is 16.8. The van der Waals surface area contributed by atoms with Gasteiger partial charge in [0, 0.05) is 17.3 Å². The fraction of sp³-hybridized carbons (Fsp3) is 0.308. The van der Waals surface area contributed by atoms with Crippen LogP contribution in [0.5, 0.6) is 0 Å². The van der Waals surface area contributed by atoms with E-state index in [1.807, 2.05) is 6.92 Å². The third-order valence-electron chi connectivity index (χ3n) is 2.99. The molecular weight excluding hydrogens is 314 g/mol. The van der Waals surface area contributed by atoms with E-state index in [1.165, 1.54) is 6.07 Å². The number of hydrogen-bond acceptors (Lipinski definition) is 3. The Morgan fingerprint density at radius 3 is 2.42 bits per heavy atom. The summed E-state index contributed by atoms with van der Waals surface area (Å²) in [4.78, 5) is 36.3. The van der Waals surface area contributed by atoms with E-state index >= 15 is 0 Å². The number of nitrogens with zero attached hydrogens (tertiary/aromatic N) is 1. The largest absolute Gasteiger partial charge is 0.478 e. The maximum absolute atomic E-state index is 12.0. The minimum absolute atomic E-state index is 0.00739. The van der Waals surface area contributed by atoms with Crippen LogP contribution in [0.2, 0.25) is 0 Å². The summed E-state index contributed by atoms with van der Waals surface area (Å²) in [5.74, 6) is -1.90. The first-order chi connectivity index (χ1) is 8.91. The lowest BCUT2D eigenvalue weighted by Gasteiger charge is -2.29. The number of carboxylic acids is 1. The van der Waals surface area contributed by atoms with Gasteiger partial charge in [-0.05, 0) is 34.0 Å². The van der Waals surface area contributed by atoms with Gasteiger partial charge in [0.05, 0.1) is 11.3 Å². The van der Waals surface area contributed by atoms with Crippen molar-refractivity contribution in [2.24, 2.45) is 5.92 Å². The number of amides is 2. The minimum atomic E-state index is -1.17. The molecule has 2 amide bonds. The summed E-state index contributed by atoms with van der Waals surface area (Å²) in [6, 6.07) is 4.54. The first-order valence-corrected chi connectivity index (χ1v) is 6.58. The highest BCUT2D eigenvalue weighted by molar-refractivity contribution is 9.10. The van der Waals surface area contributed by atoms with Gasteiger partial charge in [-0.15, -0.1) is 0 Å². The molecule has 0 aromatic heterocycles. The summed E-state index contributed by atoms with van der Waals surface area (Å²) in [5, 5.41) is 9.18. The molecule has 1 saturated heterocycles. The first kappa shape index (κ1) is 13.7. The van der Waals surface area contributed by atoms with Crippen LogP contribution in [0.4, 0.5) is 5.69 Å². The van der Waals surface area contributed by atoms with E-state index in [-0.39, 0.29) is 41.8 Å². The SMILES string of the molecule is CC1CC(=O)N(c2c(Br)cccc2C(=O)O)C(=O)C1. The van der Waals surface area contributed by atoms with Crippen LogP contribution in [0.15, 0.2) is 22.7 Å². The van der Waals surface area contributed by atoms with Gasteiger partial charge >= 0.3 is 5.97 Å². The van der Waals surface area contributed by atoms with Gasteiger partial charge in [-0.1, -0.05) is 13.0 Å². The number of rotatable bonds is 2. The van der Waals surface area contributed by atoms with Gasteiger partial charge in [0.25, 0.3) is 0 Å². The number of para-hydroxylation sites is 1. The highest BCUT2D eigenvalue weighted by Gasteiger charge is 2.34. The number of carbonyl (C=O) groups is 3. The molecule has 19 heavy (non-hydrogen) atoms.